The number of rotatable bonds is 4. The molecule has 1 aromatic carbocycles. The molecule has 2 rings (SSSR count). The summed E-state index contributed by atoms with van der Waals surface area (Å²) in [6.07, 6.45) is 2.61. The fourth-order valence-electron chi connectivity index (χ4n) is 2.12. The molecule has 0 spiro atoms. The molecular formula is C14H20O2. The van der Waals surface area contributed by atoms with E-state index in [2.05, 4.69) is 31.2 Å². The lowest BCUT2D eigenvalue weighted by Crippen LogP contribution is -2.27. The predicted molar refractivity (Wildman–Crippen MR) is 64.2 cm³/mol. The minimum absolute atomic E-state index is 0.337. The third kappa shape index (κ3) is 3.32. The van der Waals surface area contributed by atoms with Gasteiger partial charge >= 0.3 is 0 Å². The smallest absolute Gasteiger partial charge is 0.0720 e. The number of benzene rings is 1. The summed E-state index contributed by atoms with van der Waals surface area (Å²) in [5.41, 5.74) is 1.25. The molecule has 1 unspecified atom stereocenters. The Morgan fingerprint density at radius 3 is 2.62 bits per heavy atom. The first-order chi connectivity index (χ1) is 7.86. The Bertz CT molecular complexity index is 291. The monoisotopic (exact) mass is 220 g/mol. The molecule has 1 atom stereocenters. The Kier molecular flexibility index (Phi) is 4.37. The maximum Gasteiger partial charge on any atom is 0.0720 e. The second-order valence-corrected chi connectivity index (χ2v) is 4.45. The first-order valence-corrected chi connectivity index (χ1v) is 6.09. The fraction of sp³-hybridized carbons (Fsp3) is 0.571. The molecule has 1 aromatic rings. The van der Waals surface area contributed by atoms with Crippen LogP contribution in [0.5, 0.6) is 0 Å². The number of hydrogen-bond donors (Lipinski definition) is 0. The van der Waals surface area contributed by atoms with Crippen molar-refractivity contribution in [1.29, 1.82) is 0 Å². The van der Waals surface area contributed by atoms with Crippen LogP contribution in [-0.2, 0) is 16.1 Å². The summed E-state index contributed by atoms with van der Waals surface area (Å²) in [5.74, 6) is 0.664. The van der Waals surface area contributed by atoms with Crippen molar-refractivity contribution in [3.63, 3.8) is 0 Å². The van der Waals surface area contributed by atoms with E-state index in [-0.39, 0.29) is 0 Å². The lowest BCUT2D eigenvalue weighted by atomic mass is 9.95. The molecule has 1 aliphatic rings. The molecule has 0 radical (unpaired) electrons. The van der Waals surface area contributed by atoms with Crippen molar-refractivity contribution in [3.8, 4) is 0 Å². The molecule has 0 aromatic heterocycles. The van der Waals surface area contributed by atoms with E-state index in [0.29, 0.717) is 12.0 Å². The number of hydrogen-bond acceptors (Lipinski definition) is 2. The van der Waals surface area contributed by atoms with Gasteiger partial charge in [-0.2, -0.15) is 0 Å². The van der Waals surface area contributed by atoms with Crippen molar-refractivity contribution in [3.05, 3.63) is 35.9 Å². The van der Waals surface area contributed by atoms with E-state index in [4.69, 9.17) is 9.47 Å². The van der Waals surface area contributed by atoms with E-state index in [0.717, 1.165) is 32.7 Å². The van der Waals surface area contributed by atoms with Crippen molar-refractivity contribution >= 4 is 0 Å². The Hall–Kier alpha value is -0.860. The van der Waals surface area contributed by atoms with Gasteiger partial charge in [-0.1, -0.05) is 30.3 Å². The lowest BCUT2D eigenvalue weighted by molar-refractivity contribution is -0.0318. The van der Waals surface area contributed by atoms with Gasteiger partial charge in [0.1, 0.15) is 0 Å². The molecule has 0 aliphatic carbocycles. The number of ether oxygens (including phenoxy) is 2. The SMILES string of the molecule is CC(OCc1ccccc1)C1CCOCC1. The average molecular weight is 220 g/mol. The molecule has 16 heavy (non-hydrogen) atoms. The Morgan fingerprint density at radius 1 is 1.25 bits per heavy atom. The average Bonchev–Trinajstić information content (AvgIpc) is 2.38. The zero-order valence-corrected chi connectivity index (χ0v) is 9.89. The third-order valence-electron chi connectivity index (χ3n) is 3.29. The van der Waals surface area contributed by atoms with Crippen LogP contribution in [0.25, 0.3) is 0 Å². The third-order valence-corrected chi connectivity index (χ3v) is 3.29. The van der Waals surface area contributed by atoms with E-state index < -0.39 is 0 Å². The minimum atomic E-state index is 0.337. The molecule has 2 nitrogen and oxygen atoms in total. The van der Waals surface area contributed by atoms with E-state index in [1.54, 1.807) is 0 Å². The van der Waals surface area contributed by atoms with Gasteiger partial charge in [0, 0.05) is 13.2 Å². The summed E-state index contributed by atoms with van der Waals surface area (Å²) in [7, 11) is 0. The Balaban J connectivity index is 1.76. The van der Waals surface area contributed by atoms with Gasteiger partial charge in [0.05, 0.1) is 12.7 Å². The van der Waals surface area contributed by atoms with E-state index in [1.165, 1.54) is 5.56 Å². The van der Waals surface area contributed by atoms with Crippen LogP contribution in [0.15, 0.2) is 30.3 Å². The van der Waals surface area contributed by atoms with E-state index in [1.807, 2.05) is 6.07 Å². The molecule has 1 aliphatic heterocycles. The summed E-state index contributed by atoms with van der Waals surface area (Å²) in [6.45, 7) is 4.69. The van der Waals surface area contributed by atoms with Gasteiger partial charge in [-0.3, -0.25) is 0 Å². The van der Waals surface area contributed by atoms with Gasteiger partial charge in [0.2, 0.25) is 0 Å². The fourth-order valence-corrected chi connectivity index (χ4v) is 2.12. The highest BCUT2D eigenvalue weighted by Gasteiger charge is 2.20. The van der Waals surface area contributed by atoms with Crippen LogP contribution in [0.1, 0.15) is 25.3 Å². The highest BCUT2D eigenvalue weighted by Crippen LogP contribution is 2.21. The van der Waals surface area contributed by atoms with Gasteiger partial charge in [-0.15, -0.1) is 0 Å². The van der Waals surface area contributed by atoms with E-state index in [9.17, 15) is 0 Å². The Labute approximate surface area is 97.6 Å². The molecular weight excluding hydrogens is 200 g/mol. The second kappa shape index (κ2) is 6.02. The van der Waals surface area contributed by atoms with Crippen molar-refractivity contribution in [2.24, 2.45) is 5.92 Å². The van der Waals surface area contributed by atoms with Crippen molar-refractivity contribution in [2.75, 3.05) is 13.2 Å². The van der Waals surface area contributed by atoms with Crippen LogP contribution in [-0.4, -0.2) is 19.3 Å². The lowest BCUT2D eigenvalue weighted by Gasteiger charge is -2.27. The van der Waals surface area contributed by atoms with Crippen molar-refractivity contribution < 1.29 is 9.47 Å². The molecule has 88 valence electrons. The molecule has 1 fully saturated rings. The van der Waals surface area contributed by atoms with E-state index >= 15 is 0 Å². The standard InChI is InChI=1S/C14H20O2/c1-12(14-7-9-15-10-8-14)16-11-13-5-3-2-4-6-13/h2-6,12,14H,7-11H2,1H3. The summed E-state index contributed by atoms with van der Waals surface area (Å²) >= 11 is 0. The van der Waals surface area contributed by atoms with Crippen LogP contribution in [0, 0.1) is 5.92 Å². The topological polar surface area (TPSA) is 18.5 Å². The van der Waals surface area contributed by atoms with Crippen molar-refractivity contribution in [1.82, 2.24) is 0 Å². The summed E-state index contributed by atoms with van der Waals surface area (Å²) in [4.78, 5) is 0. The first kappa shape index (κ1) is 11.6. The van der Waals surface area contributed by atoms with Gasteiger partial charge in [-0.25, -0.2) is 0 Å². The van der Waals surface area contributed by atoms with Crippen LogP contribution < -0.4 is 0 Å². The van der Waals surface area contributed by atoms with Crippen molar-refractivity contribution in [2.45, 2.75) is 32.5 Å². The maximum atomic E-state index is 5.91. The van der Waals surface area contributed by atoms with Gasteiger partial charge < -0.3 is 9.47 Å². The van der Waals surface area contributed by atoms with Gasteiger partial charge in [0.15, 0.2) is 0 Å². The maximum absolute atomic E-state index is 5.91. The van der Waals surface area contributed by atoms with Crippen LogP contribution in [0.3, 0.4) is 0 Å². The first-order valence-electron chi connectivity index (χ1n) is 6.09. The highest BCUT2D eigenvalue weighted by atomic mass is 16.5. The molecule has 1 saturated heterocycles. The van der Waals surface area contributed by atoms with Gasteiger partial charge in [-0.05, 0) is 31.2 Å². The summed E-state index contributed by atoms with van der Waals surface area (Å²) in [6, 6.07) is 10.4. The molecule has 0 saturated carbocycles. The van der Waals surface area contributed by atoms with Crippen LogP contribution in [0.2, 0.25) is 0 Å². The molecule has 1 heterocycles. The second-order valence-electron chi connectivity index (χ2n) is 4.45. The molecule has 0 N–H and O–H groups in total. The largest absolute Gasteiger partial charge is 0.381 e. The van der Waals surface area contributed by atoms with Crippen LogP contribution >= 0.6 is 0 Å². The van der Waals surface area contributed by atoms with Gasteiger partial charge in [0.25, 0.3) is 0 Å². The molecule has 0 bridgehead atoms. The summed E-state index contributed by atoms with van der Waals surface area (Å²) in [5, 5.41) is 0. The zero-order chi connectivity index (χ0) is 11.2. The highest BCUT2D eigenvalue weighted by molar-refractivity contribution is 5.13. The normalized spacial score (nSPS) is 19.6. The zero-order valence-electron chi connectivity index (χ0n) is 9.89. The quantitative estimate of drug-likeness (QED) is 0.776. The Morgan fingerprint density at radius 2 is 1.94 bits per heavy atom. The molecule has 2 heteroatoms. The summed E-state index contributed by atoms with van der Waals surface area (Å²) < 4.78 is 11.3. The minimum Gasteiger partial charge on any atom is -0.381 e. The predicted octanol–water partition coefficient (Wildman–Crippen LogP) is 3.02. The van der Waals surface area contributed by atoms with Crippen LogP contribution in [0.4, 0.5) is 0 Å². The molecule has 0 amide bonds.